The predicted molar refractivity (Wildman–Crippen MR) is 75.9 cm³/mol. The molecule has 0 radical (unpaired) electrons. The Bertz CT molecular complexity index is 641. The molecule has 0 aliphatic rings. The van der Waals surface area contributed by atoms with Crippen molar-refractivity contribution in [3.05, 3.63) is 29.6 Å². The minimum atomic E-state index is -0.460. The molecule has 1 aromatic carbocycles. The normalized spacial score (nSPS) is 10.5. The molecule has 0 amide bonds. The van der Waals surface area contributed by atoms with Crippen LogP contribution in [0.15, 0.2) is 28.3 Å². The fourth-order valence-corrected chi connectivity index (χ4v) is 2.49. The summed E-state index contributed by atoms with van der Waals surface area (Å²) in [6, 6.07) is 4.99. The molecule has 0 bridgehead atoms. The van der Waals surface area contributed by atoms with Gasteiger partial charge in [0, 0.05) is 17.0 Å². The summed E-state index contributed by atoms with van der Waals surface area (Å²) in [7, 11) is 1.32. The minimum absolute atomic E-state index is 0.374. The van der Waals surface area contributed by atoms with E-state index in [9.17, 15) is 4.79 Å². The summed E-state index contributed by atoms with van der Waals surface area (Å²) < 4.78 is 6.15. The zero-order chi connectivity index (χ0) is 14.7. The van der Waals surface area contributed by atoms with E-state index in [-0.39, 0.29) is 0 Å². The van der Waals surface area contributed by atoms with Gasteiger partial charge in [0.2, 0.25) is 5.16 Å². The van der Waals surface area contributed by atoms with Crippen molar-refractivity contribution in [3.63, 3.8) is 0 Å². The molecule has 20 heavy (non-hydrogen) atoms. The van der Waals surface area contributed by atoms with Gasteiger partial charge in [0.05, 0.1) is 12.7 Å². The average Bonchev–Trinajstić information content (AvgIpc) is 2.80. The summed E-state index contributed by atoms with van der Waals surface area (Å²) in [5, 5.41) is 8.46. The number of benzene rings is 1. The molecule has 0 saturated carbocycles. The molecule has 1 heterocycles. The number of aromatic nitrogens is 3. The maximum atomic E-state index is 11.8. The number of aryl methyl sites for hydroxylation is 1. The first-order valence-electron chi connectivity index (χ1n) is 5.91. The Morgan fingerprint density at radius 1 is 1.45 bits per heavy atom. The van der Waals surface area contributed by atoms with Crippen molar-refractivity contribution in [1.82, 2.24) is 14.9 Å². The number of hydrogen-bond acceptors (Lipinski definition) is 7. The van der Waals surface area contributed by atoms with Crippen molar-refractivity contribution in [1.29, 1.82) is 0 Å². The SMILES string of the molecule is CCc1nnc(Sc2ccc(N)cc2C(=O)OC)n1N. The lowest BCUT2D eigenvalue weighted by molar-refractivity contribution is 0.0597. The Morgan fingerprint density at radius 3 is 2.80 bits per heavy atom. The molecule has 106 valence electrons. The Labute approximate surface area is 120 Å². The van der Waals surface area contributed by atoms with Crippen molar-refractivity contribution < 1.29 is 9.53 Å². The van der Waals surface area contributed by atoms with Crippen LogP contribution in [0.25, 0.3) is 0 Å². The Hall–Kier alpha value is -2.22. The topological polar surface area (TPSA) is 109 Å². The van der Waals surface area contributed by atoms with Crippen molar-refractivity contribution in [3.8, 4) is 0 Å². The molecule has 0 aliphatic heterocycles. The number of nitrogens with zero attached hydrogens (tertiary/aromatic N) is 3. The quantitative estimate of drug-likeness (QED) is 0.493. The molecule has 4 N–H and O–H groups in total. The fourth-order valence-electron chi connectivity index (χ4n) is 1.62. The second kappa shape index (κ2) is 5.83. The maximum absolute atomic E-state index is 11.8. The third-order valence-corrected chi connectivity index (χ3v) is 3.70. The van der Waals surface area contributed by atoms with Gasteiger partial charge >= 0.3 is 5.97 Å². The smallest absolute Gasteiger partial charge is 0.339 e. The van der Waals surface area contributed by atoms with Gasteiger partial charge in [-0.3, -0.25) is 0 Å². The van der Waals surface area contributed by atoms with Gasteiger partial charge in [0.1, 0.15) is 0 Å². The maximum Gasteiger partial charge on any atom is 0.339 e. The van der Waals surface area contributed by atoms with E-state index in [0.717, 1.165) is 0 Å². The minimum Gasteiger partial charge on any atom is -0.465 e. The van der Waals surface area contributed by atoms with E-state index in [2.05, 4.69) is 10.2 Å². The van der Waals surface area contributed by atoms with Crippen LogP contribution in [-0.2, 0) is 11.2 Å². The molecule has 0 fully saturated rings. The average molecular weight is 293 g/mol. The van der Waals surface area contributed by atoms with Crippen molar-refractivity contribution >= 4 is 23.4 Å². The predicted octanol–water partition coefficient (Wildman–Crippen LogP) is 1.07. The van der Waals surface area contributed by atoms with E-state index in [4.69, 9.17) is 16.3 Å². The van der Waals surface area contributed by atoms with Gasteiger partial charge in [-0.1, -0.05) is 6.92 Å². The summed E-state index contributed by atoms with van der Waals surface area (Å²) in [5.74, 6) is 6.09. The summed E-state index contributed by atoms with van der Waals surface area (Å²) in [4.78, 5) is 12.4. The van der Waals surface area contributed by atoms with E-state index < -0.39 is 5.97 Å². The van der Waals surface area contributed by atoms with Crippen molar-refractivity contribution in [2.24, 2.45) is 0 Å². The highest BCUT2D eigenvalue weighted by atomic mass is 32.2. The number of carbonyl (C=O) groups is 1. The van der Waals surface area contributed by atoms with Crippen LogP contribution >= 0.6 is 11.8 Å². The van der Waals surface area contributed by atoms with Crippen LogP contribution in [0.1, 0.15) is 23.1 Å². The third-order valence-electron chi connectivity index (χ3n) is 2.66. The van der Waals surface area contributed by atoms with Gasteiger partial charge in [-0.05, 0) is 30.0 Å². The summed E-state index contributed by atoms with van der Waals surface area (Å²) in [5.41, 5.74) is 6.55. The molecule has 0 aliphatic carbocycles. The molecule has 2 rings (SSSR count). The number of esters is 1. The van der Waals surface area contributed by atoms with E-state index >= 15 is 0 Å². The van der Waals surface area contributed by atoms with Gasteiger partial charge < -0.3 is 16.3 Å². The highest BCUT2D eigenvalue weighted by molar-refractivity contribution is 7.99. The van der Waals surface area contributed by atoms with Crippen LogP contribution in [0.3, 0.4) is 0 Å². The second-order valence-electron chi connectivity index (χ2n) is 3.97. The number of nitrogens with two attached hydrogens (primary N) is 2. The summed E-state index contributed by atoms with van der Waals surface area (Å²) in [6.45, 7) is 1.94. The monoisotopic (exact) mass is 293 g/mol. The fraction of sp³-hybridized carbons (Fsp3) is 0.250. The van der Waals surface area contributed by atoms with Crippen LogP contribution in [-0.4, -0.2) is 28.0 Å². The number of nitrogen functional groups attached to an aromatic ring is 2. The molecule has 7 nitrogen and oxygen atoms in total. The number of hydrogen-bond donors (Lipinski definition) is 2. The van der Waals surface area contributed by atoms with E-state index in [1.807, 2.05) is 6.92 Å². The van der Waals surface area contributed by atoms with E-state index in [1.165, 1.54) is 23.5 Å². The molecule has 2 aromatic rings. The lowest BCUT2D eigenvalue weighted by Gasteiger charge is -2.08. The van der Waals surface area contributed by atoms with Gasteiger partial charge in [-0.15, -0.1) is 10.2 Å². The van der Waals surface area contributed by atoms with Crippen LogP contribution in [0.2, 0.25) is 0 Å². The standard InChI is InChI=1S/C12H15N5O2S/c1-3-10-15-16-12(17(10)14)20-9-5-4-7(13)6-8(9)11(18)19-2/h4-6H,3,13-14H2,1-2H3. The molecule has 0 atom stereocenters. The largest absolute Gasteiger partial charge is 0.465 e. The molecule has 8 heteroatoms. The Kier molecular flexibility index (Phi) is 4.14. The molecular formula is C12H15N5O2S. The lowest BCUT2D eigenvalue weighted by atomic mass is 10.2. The Balaban J connectivity index is 2.37. The van der Waals surface area contributed by atoms with E-state index in [0.29, 0.717) is 33.5 Å². The third kappa shape index (κ3) is 2.69. The van der Waals surface area contributed by atoms with Crippen LogP contribution < -0.4 is 11.6 Å². The number of methoxy groups -OCH3 is 1. The van der Waals surface area contributed by atoms with Gasteiger partial charge in [0.15, 0.2) is 5.82 Å². The summed E-state index contributed by atoms with van der Waals surface area (Å²) in [6.07, 6.45) is 0.676. The number of rotatable bonds is 4. The van der Waals surface area contributed by atoms with Crippen LogP contribution in [0, 0.1) is 0 Å². The van der Waals surface area contributed by atoms with Crippen LogP contribution in [0.4, 0.5) is 5.69 Å². The van der Waals surface area contributed by atoms with E-state index in [1.54, 1.807) is 18.2 Å². The first kappa shape index (κ1) is 14.2. The number of ether oxygens (including phenoxy) is 1. The van der Waals surface area contributed by atoms with Gasteiger partial charge in [-0.2, -0.15) is 0 Å². The molecule has 0 spiro atoms. The highest BCUT2D eigenvalue weighted by Gasteiger charge is 2.17. The number of carbonyl (C=O) groups excluding carboxylic acids is 1. The highest BCUT2D eigenvalue weighted by Crippen LogP contribution is 2.30. The molecule has 1 aromatic heterocycles. The zero-order valence-electron chi connectivity index (χ0n) is 11.2. The first-order valence-corrected chi connectivity index (χ1v) is 6.73. The van der Waals surface area contributed by atoms with Crippen molar-refractivity contribution in [2.45, 2.75) is 23.4 Å². The Morgan fingerprint density at radius 2 is 2.20 bits per heavy atom. The summed E-state index contributed by atoms with van der Waals surface area (Å²) >= 11 is 1.24. The van der Waals surface area contributed by atoms with Crippen LogP contribution in [0.5, 0.6) is 0 Å². The first-order chi connectivity index (χ1) is 9.56. The molecule has 0 unspecified atom stereocenters. The lowest BCUT2D eigenvalue weighted by Crippen LogP contribution is -2.13. The zero-order valence-corrected chi connectivity index (χ0v) is 12.0. The number of anilines is 1. The van der Waals surface area contributed by atoms with Crippen molar-refractivity contribution in [2.75, 3.05) is 18.7 Å². The van der Waals surface area contributed by atoms with Gasteiger partial charge in [-0.25, -0.2) is 9.47 Å². The molecular weight excluding hydrogens is 278 g/mol. The molecule has 0 saturated heterocycles. The second-order valence-corrected chi connectivity index (χ2v) is 4.98. The van der Waals surface area contributed by atoms with Gasteiger partial charge in [0.25, 0.3) is 0 Å².